The molecule has 1 aromatic rings. The van der Waals surface area contributed by atoms with Gasteiger partial charge in [0, 0.05) is 19.7 Å². The zero-order valence-corrected chi connectivity index (χ0v) is 14.7. The monoisotopic (exact) mass is 317 g/mol. The first-order valence-electron chi connectivity index (χ1n) is 6.96. The Hall–Kier alpha value is -1.11. The molecule has 0 aromatic heterocycles. The Labute approximate surface area is 128 Å². The lowest BCUT2D eigenvalue weighted by atomic mass is 9.99. The molecule has 0 radical (unpaired) electrons. The van der Waals surface area contributed by atoms with E-state index in [1.165, 1.54) is 18.5 Å². The van der Waals surface area contributed by atoms with Crippen LogP contribution >= 0.6 is 0 Å². The van der Waals surface area contributed by atoms with Crippen LogP contribution in [0.25, 0.3) is 0 Å². The number of aliphatic hydroxyl groups excluding tert-OH is 1. The summed E-state index contributed by atoms with van der Waals surface area (Å²) in [7, 11) is -0.457. The largest absolute Gasteiger partial charge is 0.364 e. The number of sulfonamides is 1. The second-order valence-corrected chi connectivity index (χ2v) is 6.84. The molecule has 0 saturated heterocycles. The Morgan fingerprint density at radius 3 is 2.00 bits per heavy atom. The van der Waals surface area contributed by atoms with Crippen LogP contribution in [-0.2, 0) is 14.8 Å². The van der Waals surface area contributed by atoms with Gasteiger partial charge in [-0.25, -0.2) is 8.42 Å². The van der Waals surface area contributed by atoms with E-state index >= 15 is 0 Å². The number of aliphatic hydroxyl groups is 1. The van der Waals surface area contributed by atoms with Crippen LogP contribution in [0.5, 0.6) is 0 Å². The van der Waals surface area contributed by atoms with Crippen molar-refractivity contribution in [2.45, 2.75) is 39.9 Å². The fraction of sp³-hybridized carbons (Fsp3) is 0.600. The number of hydrogen-bond donors (Lipinski definition) is 1. The molecule has 1 rings (SSSR count). The number of rotatable bonds is 5. The van der Waals surface area contributed by atoms with Crippen LogP contribution in [0.4, 0.5) is 5.69 Å². The number of ether oxygens (including phenoxy) is 1. The molecule has 6 heteroatoms. The third-order valence-corrected chi connectivity index (χ3v) is 4.20. The highest BCUT2D eigenvalue weighted by molar-refractivity contribution is 7.92. The molecule has 1 aromatic carbocycles. The van der Waals surface area contributed by atoms with Gasteiger partial charge in [0.25, 0.3) is 0 Å². The van der Waals surface area contributed by atoms with Crippen molar-refractivity contribution in [3.63, 3.8) is 0 Å². The van der Waals surface area contributed by atoms with Gasteiger partial charge >= 0.3 is 0 Å². The second kappa shape index (κ2) is 8.36. The molecule has 0 saturated carbocycles. The van der Waals surface area contributed by atoms with Crippen molar-refractivity contribution in [2.75, 3.05) is 24.7 Å². The summed E-state index contributed by atoms with van der Waals surface area (Å²) in [5.74, 6) is 0.218. The molecule has 0 fully saturated rings. The number of methoxy groups -OCH3 is 1. The first kappa shape index (κ1) is 19.9. The molecule has 5 nitrogen and oxygen atoms in total. The SMILES string of the molecule is CC.COC(O)c1cc(C(C)C)cc(N(C)S(C)(=O)=O)c1. The number of benzene rings is 1. The maximum Gasteiger partial charge on any atom is 0.231 e. The molecule has 1 atom stereocenters. The fourth-order valence-corrected chi connectivity index (χ4v) is 2.13. The van der Waals surface area contributed by atoms with Gasteiger partial charge in [-0.15, -0.1) is 0 Å². The lowest BCUT2D eigenvalue weighted by Crippen LogP contribution is -2.25. The molecule has 21 heavy (non-hydrogen) atoms. The van der Waals surface area contributed by atoms with Crippen LogP contribution in [0.2, 0.25) is 0 Å². The first-order chi connectivity index (χ1) is 9.66. The van der Waals surface area contributed by atoms with E-state index in [4.69, 9.17) is 4.74 Å². The van der Waals surface area contributed by atoms with Crippen molar-refractivity contribution in [3.8, 4) is 0 Å². The van der Waals surface area contributed by atoms with Gasteiger partial charge in [-0.05, 0) is 23.6 Å². The summed E-state index contributed by atoms with van der Waals surface area (Å²) in [6.45, 7) is 8.01. The van der Waals surface area contributed by atoms with Gasteiger partial charge in [0.15, 0.2) is 6.29 Å². The highest BCUT2D eigenvalue weighted by Crippen LogP contribution is 2.28. The van der Waals surface area contributed by atoms with E-state index in [2.05, 4.69) is 0 Å². The van der Waals surface area contributed by atoms with Gasteiger partial charge in [-0.1, -0.05) is 33.8 Å². The molecule has 0 amide bonds. The van der Waals surface area contributed by atoms with E-state index in [1.807, 2.05) is 33.8 Å². The zero-order chi connectivity index (χ0) is 16.8. The van der Waals surface area contributed by atoms with Gasteiger partial charge in [0.05, 0.1) is 11.9 Å². The van der Waals surface area contributed by atoms with Gasteiger partial charge < -0.3 is 9.84 Å². The van der Waals surface area contributed by atoms with Crippen molar-refractivity contribution in [1.29, 1.82) is 0 Å². The maximum atomic E-state index is 11.6. The van der Waals surface area contributed by atoms with Crippen LogP contribution < -0.4 is 4.31 Å². The number of nitrogens with zero attached hydrogens (tertiary/aromatic N) is 1. The van der Waals surface area contributed by atoms with E-state index in [9.17, 15) is 13.5 Å². The normalized spacial score (nSPS) is 12.6. The smallest absolute Gasteiger partial charge is 0.231 e. The maximum absolute atomic E-state index is 11.6. The van der Waals surface area contributed by atoms with E-state index in [0.29, 0.717) is 11.3 Å². The molecular formula is C15H27NO4S. The Morgan fingerprint density at radius 1 is 1.14 bits per heavy atom. The third-order valence-electron chi connectivity index (χ3n) is 3.00. The van der Waals surface area contributed by atoms with Crippen molar-refractivity contribution in [1.82, 2.24) is 0 Å². The molecular weight excluding hydrogens is 290 g/mol. The van der Waals surface area contributed by atoms with Gasteiger partial charge in [-0.2, -0.15) is 0 Å². The van der Waals surface area contributed by atoms with Gasteiger partial charge in [0.1, 0.15) is 0 Å². The first-order valence-corrected chi connectivity index (χ1v) is 8.81. The van der Waals surface area contributed by atoms with E-state index in [0.717, 1.165) is 11.8 Å². The van der Waals surface area contributed by atoms with Crippen LogP contribution in [0, 0.1) is 0 Å². The Morgan fingerprint density at radius 2 is 1.62 bits per heavy atom. The summed E-state index contributed by atoms with van der Waals surface area (Å²) < 4.78 is 29.3. The lowest BCUT2D eigenvalue weighted by Gasteiger charge is -2.21. The summed E-state index contributed by atoms with van der Waals surface area (Å²) >= 11 is 0. The standard InChI is InChI=1S/C13H21NO4S.C2H6/c1-9(2)10-6-11(13(15)18-4)8-12(7-10)14(3)19(5,16)17;1-2/h6-9,13,15H,1-5H3;1-2H3. The minimum absolute atomic E-state index is 0.218. The Balaban J connectivity index is 0.00000191. The van der Waals surface area contributed by atoms with E-state index < -0.39 is 16.3 Å². The zero-order valence-electron chi connectivity index (χ0n) is 13.9. The molecule has 0 spiro atoms. The van der Waals surface area contributed by atoms with Gasteiger partial charge in [-0.3, -0.25) is 4.31 Å². The third kappa shape index (κ3) is 5.65. The van der Waals surface area contributed by atoms with E-state index in [-0.39, 0.29) is 5.92 Å². The molecule has 0 heterocycles. The Bertz CT molecular complexity index is 541. The molecule has 1 unspecified atom stereocenters. The summed E-state index contributed by atoms with van der Waals surface area (Å²) in [5.41, 5.74) is 2.00. The van der Waals surface area contributed by atoms with Crippen molar-refractivity contribution in [2.24, 2.45) is 0 Å². The van der Waals surface area contributed by atoms with Gasteiger partial charge in [0.2, 0.25) is 10.0 Å². The average Bonchev–Trinajstić information content (AvgIpc) is 2.46. The molecule has 0 bridgehead atoms. The van der Waals surface area contributed by atoms with Crippen LogP contribution in [0.1, 0.15) is 51.0 Å². The molecule has 0 aliphatic rings. The lowest BCUT2D eigenvalue weighted by molar-refractivity contribution is -0.0769. The summed E-state index contributed by atoms with van der Waals surface area (Å²) in [5, 5.41) is 9.75. The minimum atomic E-state index is -3.34. The number of hydrogen-bond acceptors (Lipinski definition) is 4. The quantitative estimate of drug-likeness (QED) is 0.848. The summed E-state index contributed by atoms with van der Waals surface area (Å²) in [4.78, 5) is 0. The highest BCUT2D eigenvalue weighted by Gasteiger charge is 2.17. The molecule has 1 N–H and O–H groups in total. The minimum Gasteiger partial charge on any atom is -0.364 e. The van der Waals surface area contributed by atoms with Crippen molar-refractivity contribution < 1.29 is 18.3 Å². The van der Waals surface area contributed by atoms with Crippen LogP contribution in [0.15, 0.2) is 18.2 Å². The molecule has 0 aliphatic carbocycles. The fourth-order valence-electron chi connectivity index (χ4n) is 1.64. The second-order valence-electron chi connectivity index (χ2n) is 4.83. The molecule has 122 valence electrons. The Kier molecular flexibility index (Phi) is 7.92. The topological polar surface area (TPSA) is 66.8 Å². The van der Waals surface area contributed by atoms with Crippen LogP contribution in [-0.4, -0.2) is 33.9 Å². The van der Waals surface area contributed by atoms with Crippen molar-refractivity contribution in [3.05, 3.63) is 29.3 Å². The summed E-state index contributed by atoms with van der Waals surface area (Å²) in [6, 6.07) is 5.23. The summed E-state index contributed by atoms with van der Waals surface area (Å²) in [6.07, 6.45) is 0.0759. The predicted molar refractivity (Wildman–Crippen MR) is 87.1 cm³/mol. The molecule has 0 aliphatic heterocycles. The highest BCUT2D eigenvalue weighted by atomic mass is 32.2. The predicted octanol–water partition coefficient (Wildman–Crippen LogP) is 2.87. The van der Waals surface area contributed by atoms with Crippen LogP contribution in [0.3, 0.4) is 0 Å². The van der Waals surface area contributed by atoms with E-state index in [1.54, 1.807) is 12.1 Å². The van der Waals surface area contributed by atoms with Crippen molar-refractivity contribution >= 4 is 15.7 Å². The number of anilines is 1. The average molecular weight is 317 g/mol.